The summed E-state index contributed by atoms with van der Waals surface area (Å²) < 4.78 is 5.37. The fraction of sp³-hybridized carbons (Fsp3) is 0.522. The molecule has 1 aliphatic heterocycles. The van der Waals surface area contributed by atoms with Crippen molar-refractivity contribution in [1.82, 2.24) is 10.2 Å². The fourth-order valence-electron chi connectivity index (χ4n) is 3.17. The first-order chi connectivity index (χ1) is 13.6. The Labute approximate surface area is 174 Å². The van der Waals surface area contributed by atoms with Gasteiger partial charge in [0.2, 0.25) is 5.91 Å². The molecule has 0 saturated heterocycles. The van der Waals surface area contributed by atoms with Crippen LogP contribution < -0.4 is 5.32 Å². The molecule has 0 radical (unpaired) electrons. The molecule has 29 heavy (non-hydrogen) atoms. The van der Waals surface area contributed by atoms with Crippen LogP contribution >= 0.6 is 0 Å². The molecule has 6 nitrogen and oxygen atoms in total. The Bertz CT molecular complexity index is 813. The van der Waals surface area contributed by atoms with Crippen LogP contribution in [-0.4, -0.2) is 41.4 Å². The number of hydrogen-bond acceptors (Lipinski definition) is 4. The van der Waals surface area contributed by atoms with Crippen molar-refractivity contribution in [1.29, 1.82) is 0 Å². The summed E-state index contributed by atoms with van der Waals surface area (Å²) in [6.07, 6.45) is 3.36. The number of carbonyl (C=O) groups is 2. The second kappa shape index (κ2) is 9.72. The standard InChI is InChI=1S/C23H33N3O3/c1-7-11-26(12-8-2)21(27)18-14-17-10-9-16(3)13-19(17)24-20(15-18)25-22(28)29-23(4,5)6/h9-10,13-14H,7-8,11-12,15H2,1-6H3,(H,24,25,28). The molecule has 0 aromatic heterocycles. The van der Waals surface area contributed by atoms with E-state index in [-0.39, 0.29) is 12.3 Å². The summed E-state index contributed by atoms with van der Waals surface area (Å²) >= 11 is 0. The van der Waals surface area contributed by atoms with Crippen molar-refractivity contribution in [3.63, 3.8) is 0 Å². The van der Waals surface area contributed by atoms with E-state index in [0.29, 0.717) is 24.5 Å². The number of aryl methyl sites for hydroxylation is 1. The zero-order chi connectivity index (χ0) is 21.6. The van der Waals surface area contributed by atoms with E-state index in [1.54, 1.807) is 0 Å². The molecule has 0 fully saturated rings. The van der Waals surface area contributed by atoms with E-state index < -0.39 is 11.7 Å². The maximum absolute atomic E-state index is 13.2. The third-order valence-electron chi connectivity index (χ3n) is 4.32. The second-order valence-corrected chi connectivity index (χ2v) is 8.39. The Morgan fingerprint density at radius 1 is 1.17 bits per heavy atom. The van der Waals surface area contributed by atoms with Crippen LogP contribution in [0.1, 0.15) is 65.0 Å². The van der Waals surface area contributed by atoms with Crippen molar-refractivity contribution in [3.05, 3.63) is 34.9 Å². The maximum atomic E-state index is 13.2. The quantitative estimate of drug-likeness (QED) is 0.758. The van der Waals surface area contributed by atoms with Crippen LogP contribution in [0.15, 0.2) is 28.8 Å². The average Bonchev–Trinajstić information content (AvgIpc) is 2.77. The second-order valence-electron chi connectivity index (χ2n) is 8.39. The lowest BCUT2D eigenvalue weighted by atomic mass is 10.0. The van der Waals surface area contributed by atoms with Gasteiger partial charge < -0.3 is 9.64 Å². The summed E-state index contributed by atoms with van der Waals surface area (Å²) in [7, 11) is 0. The number of nitrogens with zero attached hydrogens (tertiary/aromatic N) is 2. The predicted molar refractivity (Wildman–Crippen MR) is 117 cm³/mol. The number of hydrogen-bond donors (Lipinski definition) is 1. The highest BCUT2D eigenvalue weighted by molar-refractivity contribution is 6.08. The molecule has 0 bridgehead atoms. The van der Waals surface area contributed by atoms with E-state index in [2.05, 4.69) is 24.2 Å². The molecular formula is C23H33N3O3. The third-order valence-corrected chi connectivity index (χ3v) is 4.32. The predicted octanol–water partition coefficient (Wildman–Crippen LogP) is 4.99. The van der Waals surface area contributed by atoms with Crippen LogP contribution in [0, 0.1) is 6.92 Å². The van der Waals surface area contributed by atoms with Crippen LogP contribution in [0.5, 0.6) is 0 Å². The number of aliphatic imine (C=N–C) groups is 1. The molecule has 0 aliphatic carbocycles. The van der Waals surface area contributed by atoms with Gasteiger partial charge in [0, 0.05) is 30.6 Å². The number of ether oxygens (including phenoxy) is 1. The van der Waals surface area contributed by atoms with Crippen molar-refractivity contribution in [3.8, 4) is 0 Å². The summed E-state index contributed by atoms with van der Waals surface area (Å²) in [5.41, 5.74) is 2.66. The Morgan fingerprint density at radius 2 is 1.83 bits per heavy atom. The van der Waals surface area contributed by atoms with Crippen LogP contribution in [0.3, 0.4) is 0 Å². The van der Waals surface area contributed by atoms with Crippen molar-refractivity contribution in [2.24, 2.45) is 4.99 Å². The van der Waals surface area contributed by atoms with Gasteiger partial charge in [-0.15, -0.1) is 0 Å². The van der Waals surface area contributed by atoms with Gasteiger partial charge in [-0.25, -0.2) is 9.79 Å². The molecule has 2 rings (SSSR count). The number of benzene rings is 1. The smallest absolute Gasteiger partial charge is 0.413 e. The highest BCUT2D eigenvalue weighted by atomic mass is 16.6. The zero-order valence-corrected chi connectivity index (χ0v) is 18.5. The lowest BCUT2D eigenvalue weighted by Crippen LogP contribution is -2.38. The SMILES string of the molecule is CCCN(CCC)C(=O)C1=Cc2ccc(C)cc2N=C(NC(=O)OC(C)(C)C)C1. The Kier molecular flexibility index (Phi) is 7.59. The molecular weight excluding hydrogens is 366 g/mol. The number of nitrogens with one attached hydrogen (secondary N) is 1. The van der Waals surface area contributed by atoms with Gasteiger partial charge in [-0.05, 0) is 58.2 Å². The molecule has 6 heteroatoms. The molecule has 158 valence electrons. The summed E-state index contributed by atoms with van der Waals surface area (Å²) in [5.74, 6) is 0.400. The van der Waals surface area contributed by atoms with E-state index in [4.69, 9.17) is 4.74 Å². The van der Waals surface area contributed by atoms with Gasteiger partial charge in [-0.2, -0.15) is 0 Å². The van der Waals surface area contributed by atoms with E-state index >= 15 is 0 Å². The molecule has 2 amide bonds. The van der Waals surface area contributed by atoms with Crippen molar-refractivity contribution < 1.29 is 14.3 Å². The number of carbonyl (C=O) groups excluding carboxylic acids is 2. The highest BCUT2D eigenvalue weighted by Gasteiger charge is 2.24. The van der Waals surface area contributed by atoms with E-state index in [1.165, 1.54) is 0 Å². The number of amides is 2. The lowest BCUT2D eigenvalue weighted by molar-refractivity contribution is -0.127. The fourth-order valence-corrected chi connectivity index (χ4v) is 3.17. The zero-order valence-electron chi connectivity index (χ0n) is 18.5. The van der Waals surface area contributed by atoms with Crippen molar-refractivity contribution in [2.75, 3.05) is 13.1 Å². The maximum Gasteiger partial charge on any atom is 0.413 e. The first kappa shape index (κ1) is 22.7. The van der Waals surface area contributed by atoms with Gasteiger partial charge in [0.1, 0.15) is 11.4 Å². The number of amidine groups is 1. The first-order valence-electron chi connectivity index (χ1n) is 10.3. The van der Waals surface area contributed by atoms with Gasteiger partial charge >= 0.3 is 6.09 Å². The normalized spacial score (nSPS) is 13.6. The van der Waals surface area contributed by atoms with Crippen molar-refractivity contribution >= 4 is 29.6 Å². The lowest BCUT2D eigenvalue weighted by Gasteiger charge is -2.23. The van der Waals surface area contributed by atoms with Crippen LogP contribution in [0.2, 0.25) is 0 Å². The minimum Gasteiger partial charge on any atom is -0.444 e. The third kappa shape index (κ3) is 6.73. The summed E-state index contributed by atoms with van der Waals surface area (Å²) in [6.45, 7) is 12.9. The average molecular weight is 400 g/mol. The molecule has 0 saturated carbocycles. The number of alkyl carbamates (subject to hydrolysis) is 1. The van der Waals surface area contributed by atoms with Gasteiger partial charge in [-0.3, -0.25) is 10.1 Å². The Balaban J connectivity index is 2.38. The highest BCUT2D eigenvalue weighted by Crippen LogP contribution is 2.28. The van der Waals surface area contributed by atoms with Gasteiger partial charge in [0.05, 0.1) is 5.69 Å². The van der Waals surface area contributed by atoms with Crippen molar-refractivity contribution in [2.45, 2.75) is 66.4 Å². The molecule has 1 N–H and O–H groups in total. The Morgan fingerprint density at radius 3 is 2.41 bits per heavy atom. The molecule has 0 unspecified atom stereocenters. The van der Waals surface area contributed by atoms with Crippen LogP contribution in [0.4, 0.5) is 10.5 Å². The summed E-state index contributed by atoms with van der Waals surface area (Å²) in [4.78, 5) is 32.0. The van der Waals surface area contributed by atoms with Crippen LogP contribution in [-0.2, 0) is 9.53 Å². The summed E-state index contributed by atoms with van der Waals surface area (Å²) in [5, 5.41) is 2.74. The van der Waals surface area contributed by atoms with Gasteiger partial charge in [0.15, 0.2) is 0 Å². The van der Waals surface area contributed by atoms with Gasteiger partial charge in [0.25, 0.3) is 0 Å². The number of rotatable bonds is 5. The minimum atomic E-state index is -0.614. The molecule has 0 spiro atoms. The summed E-state index contributed by atoms with van der Waals surface area (Å²) in [6, 6.07) is 5.91. The minimum absolute atomic E-state index is 0.0131. The Hall–Kier alpha value is -2.63. The molecule has 1 aromatic carbocycles. The number of fused-ring (bicyclic) bond motifs is 1. The monoisotopic (exact) mass is 399 g/mol. The molecule has 1 heterocycles. The first-order valence-corrected chi connectivity index (χ1v) is 10.3. The largest absolute Gasteiger partial charge is 0.444 e. The molecule has 1 aliphatic rings. The molecule has 1 aromatic rings. The molecule has 0 atom stereocenters. The van der Waals surface area contributed by atoms with Crippen LogP contribution in [0.25, 0.3) is 6.08 Å². The van der Waals surface area contributed by atoms with Gasteiger partial charge in [-0.1, -0.05) is 26.0 Å². The topological polar surface area (TPSA) is 71.0 Å². The van der Waals surface area contributed by atoms with E-state index in [0.717, 1.165) is 29.7 Å². The van der Waals surface area contributed by atoms with E-state index in [1.807, 2.05) is 56.9 Å². The van der Waals surface area contributed by atoms with E-state index in [9.17, 15) is 9.59 Å².